The second-order valence-corrected chi connectivity index (χ2v) is 9.82. The van der Waals surface area contributed by atoms with Gasteiger partial charge >= 0.3 is 0 Å². The minimum Gasteiger partial charge on any atom is -0.207 e. The summed E-state index contributed by atoms with van der Waals surface area (Å²) in [6, 6.07) is 20.7. The van der Waals surface area contributed by atoms with Crippen molar-refractivity contribution in [2.24, 2.45) is 19.6 Å². The van der Waals surface area contributed by atoms with E-state index in [1.165, 1.54) is 22.0 Å². The van der Waals surface area contributed by atoms with Crippen molar-refractivity contribution in [3.05, 3.63) is 71.8 Å². The van der Waals surface area contributed by atoms with Gasteiger partial charge in [0.1, 0.15) is 0 Å². The van der Waals surface area contributed by atoms with E-state index in [4.69, 9.17) is 8.80 Å². The molecule has 0 bridgehead atoms. The van der Waals surface area contributed by atoms with E-state index in [0.29, 0.717) is 0 Å². The second-order valence-electron chi connectivity index (χ2n) is 8.26. The molecule has 0 fully saturated rings. The summed E-state index contributed by atoms with van der Waals surface area (Å²) in [5.74, 6) is 0. The van der Waals surface area contributed by atoms with Crippen LogP contribution < -0.4 is 0 Å². The highest BCUT2D eigenvalue weighted by atomic mass is 33.1. The summed E-state index contributed by atoms with van der Waals surface area (Å²) in [7, 11) is 2.88. The van der Waals surface area contributed by atoms with E-state index in [2.05, 4.69) is 90.1 Å². The molecule has 2 aromatic carbocycles. The SMILES string of the molecule is CC(C)(C)/C(=N\SS/N=C(/c1ccccc1)C(C)(C)C)c1ccccc1. The van der Waals surface area contributed by atoms with Crippen molar-refractivity contribution in [3.63, 3.8) is 0 Å². The molecule has 0 heterocycles. The van der Waals surface area contributed by atoms with Gasteiger partial charge in [-0.15, -0.1) is 0 Å². The first-order valence-corrected chi connectivity index (χ1v) is 10.9. The fraction of sp³-hybridized carbons (Fsp3) is 0.364. The molecule has 26 heavy (non-hydrogen) atoms. The summed E-state index contributed by atoms with van der Waals surface area (Å²) < 4.78 is 9.60. The Hall–Kier alpha value is -1.52. The van der Waals surface area contributed by atoms with Crippen molar-refractivity contribution < 1.29 is 0 Å². The molecule has 0 N–H and O–H groups in total. The van der Waals surface area contributed by atoms with Crippen LogP contribution in [0.1, 0.15) is 52.7 Å². The van der Waals surface area contributed by atoms with Gasteiger partial charge in [0, 0.05) is 10.8 Å². The Balaban J connectivity index is 2.21. The normalized spacial score (nSPS) is 13.8. The Morgan fingerprint density at radius 1 is 0.577 bits per heavy atom. The number of hydrogen-bond acceptors (Lipinski definition) is 4. The molecule has 0 radical (unpaired) electrons. The maximum atomic E-state index is 4.80. The first-order chi connectivity index (χ1) is 12.2. The number of hydrogen-bond donors (Lipinski definition) is 0. The zero-order valence-electron chi connectivity index (χ0n) is 16.5. The van der Waals surface area contributed by atoms with Gasteiger partial charge in [-0.3, -0.25) is 0 Å². The molecule has 0 saturated carbocycles. The Morgan fingerprint density at radius 2 is 0.885 bits per heavy atom. The van der Waals surface area contributed by atoms with Gasteiger partial charge in [0.2, 0.25) is 0 Å². The molecule has 2 rings (SSSR count). The van der Waals surface area contributed by atoms with Crippen molar-refractivity contribution in [2.45, 2.75) is 41.5 Å². The van der Waals surface area contributed by atoms with Crippen molar-refractivity contribution >= 4 is 33.4 Å². The lowest BCUT2D eigenvalue weighted by atomic mass is 9.86. The van der Waals surface area contributed by atoms with E-state index in [1.807, 2.05) is 12.1 Å². The van der Waals surface area contributed by atoms with E-state index in [9.17, 15) is 0 Å². The van der Waals surface area contributed by atoms with Crippen LogP contribution in [-0.2, 0) is 0 Å². The van der Waals surface area contributed by atoms with Crippen LogP contribution in [-0.4, -0.2) is 11.4 Å². The van der Waals surface area contributed by atoms with Crippen LogP contribution in [0, 0.1) is 10.8 Å². The maximum Gasteiger partial charge on any atom is 0.0685 e. The third-order valence-corrected chi connectivity index (χ3v) is 5.03. The predicted molar refractivity (Wildman–Crippen MR) is 120 cm³/mol. The standard InChI is InChI=1S/C22H28N2S2/c1-21(2,3)19(17-13-9-7-10-14-17)23-25-26-24-20(22(4,5)6)18-15-11-8-12-16-18/h7-16H,1-6H3/b23-19-,24-20-. The van der Waals surface area contributed by atoms with E-state index < -0.39 is 0 Å². The molecule has 0 aliphatic carbocycles. The molecule has 0 atom stereocenters. The minimum atomic E-state index is -0.0229. The number of rotatable bonds is 5. The van der Waals surface area contributed by atoms with Crippen LogP contribution in [0.5, 0.6) is 0 Å². The van der Waals surface area contributed by atoms with Gasteiger partial charge in [-0.05, 0) is 11.1 Å². The zero-order chi connectivity index (χ0) is 19.2. The predicted octanol–water partition coefficient (Wildman–Crippen LogP) is 7.27. The molecule has 0 saturated heterocycles. The lowest BCUT2D eigenvalue weighted by Gasteiger charge is -2.22. The van der Waals surface area contributed by atoms with Crippen LogP contribution in [0.4, 0.5) is 0 Å². The molecule has 0 aromatic heterocycles. The van der Waals surface area contributed by atoms with Crippen LogP contribution in [0.15, 0.2) is 69.5 Å². The smallest absolute Gasteiger partial charge is 0.0685 e. The molecule has 4 heteroatoms. The second kappa shape index (κ2) is 8.92. The average molecular weight is 385 g/mol. The van der Waals surface area contributed by atoms with Crippen molar-refractivity contribution in [2.75, 3.05) is 0 Å². The monoisotopic (exact) mass is 384 g/mol. The van der Waals surface area contributed by atoms with Crippen LogP contribution in [0.3, 0.4) is 0 Å². The Kier molecular flexibility index (Phi) is 7.13. The van der Waals surface area contributed by atoms with E-state index in [1.54, 1.807) is 0 Å². The Labute approximate surface area is 166 Å². The molecular weight excluding hydrogens is 356 g/mol. The lowest BCUT2D eigenvalue weighted by Crippen LogP contribution is -2.21. The van der Waals surface area contributed by atoms with Crippen LogP contribution >= 0.6 is 22.0 Å². The third-order valence-electron chi connectivity index (χ3n) is 3.81. The van der Waals surface area contributed by atoms with E-state index >= 15 is 0 Å². The van der Waals surface area contributed by atoms with Gasteiger partial charge < -0.3 is 0 Å². The van der Waals surface area contributed by atoms with Gasteiger partial charge in [-0.2, -0.15) is 0 Å². The Morgan fingerprint density at radius 3 is 1.15 bits per heavy atom. The van der Waals surface area contributed by atoms with Gasteiger partial charge in [0.15, 0.2) is 0 Å². The topological polar surface area (TPSA) is 24.7 Å². The number of benzene rings is 2. The molecule has 2 aromatic rings. The number of nitrogens with zero attached hydrogens (tertiary/aromatic N) is 2. The van der Waals surface area contributed by atoms with Crippen LogP contribution in [0.2, 0.25) is 0 Å². The van der Waals surface area contributed by atoms with E-state index in [0.717, 1.165) is 22.6 Å². The summed E-state index contributed by atoms with van der Waals surface area (Å²) in [5, 5.41) is 0. The highest BCUT2D eigenvalue weighted by Gasteiger charge is 2.22. The van der Waals surface area contributed by atoms with E-state index in [-0.39, 0.29) is 10.8 Å². The first kappa shape index (κ1) is 20.8. The van der Waals surface area contributed by atoms with Crippen molar-refractivity contribution in [1.82, 2.24) is 0 Å². The molecule has 0 aliphatic heterocycles. The first-order valence-electron chi connectivity index (χ1n) is 8.80. The molecule has 0 spiro atoms. The van der Waals surface area contributed by atoms with Gasteiger partial charge in [-0.1, -0.05) is 102 Å². The quantitative estimate of drug-likeness (QED) is 0.234. The van der Waals surface area contributed by atoms with Crippen molar-refractivity contribution in [1.29, 1.82) is 0 Å². The zero-order valence-corrected chi connectivity index (χ0v) is 18.1. The molecule has 0 amide bonds. The summed E-state index contributed by atoms with van der Waals surface area (Å²) >= 11 is 0. The molecular formula is C22H28N2S2. The fourth-order valence-corrected chi connectivity index (χ4v) is 4.17. The van der Waals surface area contributed by atoms with Gasteiger partial charge in [0.25, 0.3) is 0 Å². The molecule has 2 nitrogen and oxygen atoms in total. The fourth-order valence-electron chi connectivity index (χ4n) is 2.55. The molecule has 138 valence electrons. The summed E-state index contributed by atoms with van der Waals surface area (Å²) in [5.41, 5.74) is 4.45. The van der Waals surface area contributed by atoms with Crippen molar-refractivity contribution in [3.8, 4) is 0 Å². The highest BCUT2D eigenvalue weighted by molar-refractivity contribution is 8.75. The van der Waals surface area contributed by atoms with Gasteiger partial charge in [0.05, 0.1) is 33.4 Å². The van der Waals surface area contributed by atoms with Gasteiger partial charge in [-0.25, -0.2) is 8.80 Å². The highest BCUT2D eigenvalue weighted by Crippen LogP contribution is 2.33. The molecule has 0 aliphatic rings. The molecule has 0 unspecified atom stereocenters. The summed E-state index contributed by atoms with van der Waals surface area (Å²) in [6.07, 6.45) is 0. The maximum absolute atomic E-state index is 4.80. The summed E-state index contributed by atoms with van der Waals surface area (Å²) in [4.78, 5) is 0. The third kappa shape index (κ3) is 6.03. The minimum absolute atomic E-state index is 0.0229. The Bertz CT molecular complexity index is 685. The largest absolute Gasteiger partial charge is 0.207 e. The lowest BCUT2D eigenvalue weighted by molar-refractivity contribution is 0.593. The van der Waals surface area contributed by atoms with Crippen LogP contribution in [0.25, 0.3) is 0 Å². The summed E-state index contributed by atoms with van der Waals surface area (Å²) in [6.45, 7) is 13.2. The average Bonchev–Trinajstić information content (AvgIpc) is 2.57.